The lowest BCUT2D eigenvalue weighted by molar-refractivity contribution is 0.395. The molecule has 9 nitrogen and oxygen atoms in total. The Hall–Kier alpha value is -3.89. The summed E-state index contributed by atoms with van der Waals surface area (Å²) in [6, 6.07) is 18.5. The standard InChI is InChI=1S/C23H18ClN5O4S/c1-32-16-11-15(12-17(13-16)33-2)25-21-19-5-3-4-6-20(19)29-22(26-21)23(27-28-29)34(30,31)18-9-7-14(24)8-10-18/h3-13H,1-2H3,(H,25,26). The van der Waals surface area contributed by atoms with E-state index in [-0.39, 0.29) is 15.6 Å². The van der Waals surface area contributed by atoms with Crippen molar-refractivity contribution in [2.75, 3.05) is 19.5 Å². The highest BCUT2D eigenvalue weighted by Gasteiger charge is 2.27. The minimum Gasteiger partial charge on any atom is -0.497 e. The number of benzene rings is 3. The Morgan fingerprint density at radius 1 is 0.941 bits per heavy atom. The second-order valence-electron chi connectivity index (χ2n) is 7.29. The number of aromatic nitrogens is 4. The van der Waals surface area contributed by atoms with Gasteiger partial charge in [0, 0.05) is 34.3 Å². The summed E-state index contributed by atoms with van der Waals surface area (Å²) >= 11 is 5.92. The fourth-order valence-corrected chi connectivity index (χ4v) is 4.92. The second kappa shape index (κ2) is 8.47. The summed E-state index contributed by atoms with van der Waals surface area (Å²) in [7, 11) is -0.883. The van der Waals surface area contributed by atoms with Crippen LogP contribution in [0.15, 0.2) is 76.7 Å². The van der Waals surface area contributed by atoms with Crippen LogP contribution in [0.4, 0.5) is 11.5 Å². The molecule has 0 bridgehead atoms. The SMILES string of the molecule is COc1cc(Nc2nc3c(S(=O)(=O)c4ccc(Cl)cc4)nnn3c3ccccc23)cc(OC)c1. The third-order valence-corrected chi connectivity index (χ3v) is 7.13. The first-order valence-electron chi connectivity index (χ1n) is 10.1. The van der Waals surface area contributed by atoms with Gasteiger partial charge in [0.15, 0.2) is 5.65 Å². The monoisotopic (exact) mass is 495 g/mol. The van der Waals surface area contributed by atoms with Crippen molar-refractivity contribution in [2.24, 2.45) is 0 Å². The highest BCUT2D eigenvalue weighted by Crippen LogP contribution is 2.32. The van der Waals surface area contributed by atoms with Crippen LogP contribution in [0.25, 0.3) is 16.6 Å². The van der Waals surface area contributed by atoms with E-state index in [1.165, 1.54) is 28.8 Å². The summed E-state index contributed by atoms with van der Waals surface area (Å²) in [5.74, 6) is 1.60. The molecule has 0 aliphatic rings. The van der Waals surface area contributed by atoms with Crippen molar-refractivity contribution >= 4 is 49.5 Å². The molecule has 172 valence electrons. The van der Waals surface area contributed by atoms with E-state index in [4.69, 9.17) is 21.1 Å². The van der Waals surface area contributed by atoms with E-state index in [0.29, 0.717) is 33.5 Å². The summed E-state index contributed by atoms with van der Waals surface area (Å²) in [4.78, 5) is 4.66. The summed E-state index contributed by atoms with van der Waals surface area (Å²) in [5, 5.41) is 12.2. The fraction of sp³-hybridized carbons (Fsp3) is 0.0870. The lowest BCUT2D eigenvalue weighted by Crippen LogP contribution is -2.05. The quantitative estimate of drug-likeness (QED) is 0.366. The number of hydrogen-bond donors (Lipinski definition) is 1. The first-order valence-corrected chi connectivity index (χ1v) is 11.9. The van der Waals surface area contributed by atoms with E-state index in [2.05, 4.69) is 20.6 Å². The van der Waals surface area contributed by atoms with Gasteiger partial charge in [0.2, 0.25) is 14.9 Å². The van der Waals surface area contributed by atoms with Gasteiger partial charge in [-0.1, -0.05) is 28.9 Å². The first kappa shape index (κ1) is 21.9. The Morgan fingerprint density at radius 3 is 2.29 bits per heavy atom. The Balaban J connectivity index is 1.71. The number of hydrogen-bond acceptors (Lipinski definition) is 8. The maximum absolute atomic E-state index is 13.3. The van der Waals surface area contributed by atoms with Gasteiger partial charge in [-0.3, -0.25) is 0 Å². The molecule has 0 aliphatic heterocycles. The van der Waals surface area contributed by atoms with Crippen molar-refractivity contribution in [2.45, 2.75) is 9.92 Å². The van der Waals surface area contributed by atoms with Crippen molar-refractivity contribution < 1.29 is 17.9 Å². The summed E-state index contributed by atoms with van der Waals surface area (Å²) < 4.78 is 38.8. The van der Waals surface area contributed by atoms with E-state index >= 15 is 0 Å². The fourth-order valence-electron chi connectivity index (χ4n) is 3.56. The highest BCUT2D eigenvalue weighted by molar-refractivity contribution is 7.91. The van der Waals surface area contributed by atoms with Crippen LogP contribution in [0.1, 0.15) is 0 Å². The van der Waals surface area contributed by atoms with Gasteiger partial charge >= 0.3 is 0 Å². The molecule has 0 spiro atoms. The van der Waals surface area contributed by atoms with Crippen LogP contribution in [0.3, 0.4) is 0 Å². The molecule has 0 saturated carbocycles. The molecule has 0 saturated heterocycles. The third-order valence-electron chi connectivity index (χ3n) is 5.21. The van der Waals surface area contributed by atoms with Gasteiger partial charge < -0.3 is 14.8 Å². The van der Waals surface area contributed by atoms with Gasteiger partial charge in [-0.25, -0.2) is 13.4 Å². The lowest BCUT2D eigenvalue weighted by atomic mass is 10.2. The van der Waals surface area contributed by atoms with Crippen LogP contribution >= 0.6 is 11.6 Å². The van der Waals surface area contributed by atoms with Crippen molar-refractivity contribution in [3.63, 3.8) is 0 Å². The molecule has 0 fully saturated rings. The number of halogens is 1. The molecule has 0 unspecified atom stereocenters. The first-order chi connectivity index (χ1) is 16.4. The molecule has 5 rings (SSSR count). The molecule has 0 atom stereocenters. The molecule has 1 N–H and O–H groups in total. The Morgan fingerprint density at radius 2 is 1.62 bits per heavy atom. The highest BCUT2D eigenvalue weighted by atomic mass is 35.5. The number of rotatable bonds is 6. The number of para-hydroxylation sites is 1. The van der Waals surface area contributed by atoms with Crippen LogP contribution < -0.4 is 14.8 Å². The molecule has 11 heteroatoms. The molecular weight excluding hydrogens is 478 g/mol. The summed E-state index contributed by atoms with van der Waals surface area (Å²) in [6.07, 6.45) is 0. The number of anilines is 2. The van der Waals surface area contributed by atoms with Crippen molar-refractivity contribution in [1.82, 2.24) is 19.8 Å². The van der Waals surface area contributed by atoms with Crippen LogP contribution in [0, 0.1) is 0 Å². The molecule has 2 aromatic heterocycles. The largest absolute Gasteiger partial charge is 0.497 e. The predicted octanol–water partition coefficient (Wildman–Crippen LogP) is 4.52. The molecule has 0 amide bonds. The van der Waals surface area contributed by atoms with E-state index < -0.39 is 9.84 Å². The average Bonchev–Trinajstić information content (AvgIpc) is 3.29. The summed E-state index contributed by atoms with van der Waals surface area (Å²) in [6.45, 7) is 0. The number of nitrogens with zero attached hydrogens (tertiary/aromatic N) is 4. The normalized spacial score (nSPS) is 11.6. The number of fused-ring (bicyclic) bond motifs is 3. The average molecular weight is 496 g/mol. The molecule has 5 aromatic rings. The van der Waals surface area contributed by atoms with E-state index in [9.17, 15) is 8.42 Å². The zero-order chi connectivity index (χ0) is 23.9. The van der Waals surface area contributed by atoms with Gasteiger partial charge in [0.25, 0.3) is 0 Å². The molecule has 3 aromatic carbocycles. The number of nitrogens with one attached hydrogen (secondary N) is 1. The topological polar surface area (TPSA) is 108 Å². The number of ether oxygens (including phenoxy) is 2. The Kier molecular flexibility index (Phi) is 5.46. The van der Waals surface area contributed by atoms with Gasteiger partial charge in [-0.05, 0) is 36.4 Å². The predicted molar refractivity (Wildman–Crippen MR) is 128 cm³/mol. The van der Waals surface area contributed by atoms with Gasteiger partial charge in [0.1, 0.15) is 17.3 Å². The number of sulfone groups is 1. The van der Waals surface area contributed by atoms with E-state index in [0.717, 1.165) is 5.39 Å². The van der Waals surface area contributed by atoms with Crippen LogP contribution in [0.2, 0.25) is 5.02 Å². The maximum atomic E-state index is 13.3. The van der Waals surface area contributed by atoms with Gasteiger partial charge in [0.05, 0.1) is 24.6 Å². The Bertz CT molecular complexity index is 1610. The zero-order valence-electron chi connectivity index (χ0n) is 18.1. The minimum absolute atomic E-state index is 0.0429. The third kappa shape index (κ3) is 3.76. The van der Waals surface area contributed by atoms with Crippen molar-refractivity contribution in [3.05, 3.63) is 71.8 Å². The van der Waals surface area contributed by atoms with Crippen LogP contribution in [0.5, 0.6) is 11.5 Å². The van der Waals surface area contributed by atoms with Crippen LogP contribution in [-0.4, -0.2) is 42.4 Å². The minimum atomic E-state index is -4.00. The molecule has 0 radical (unpaired) electrons. The lowest BCUT2D eigenvalue weighted by Gasteiger charge is -2.13. The number of methoxy groups -OCH3 is 2. The van der Waals surface area contributed by atoms with Crippen molar-refractivity contribution in [3.8, 4) is 11.5 Å². The Labute approximate surface area is 199 Å². The molecule has 2 heterocycles. The van der Waals surface area contributed by atoms with Gasteiger partial charge in [-0.15, -0.1) is 5.10 Å². The molecule has 0 aliphatic carbocycles. The molecule has 34 heavy (non-hydrogen) atoms. The molecular formula is C23H18ClN5O4S. The maximum Gasteiger partial charge on any atom is 0.229 e. The van der Waals surface area contributed by atoms with Crippen molar-refractivity contribution in [1.29, 1.82) is 0 Å². The summed E-state index contributed by atoms with van der Waals surface area (Å²) in [5.41, 5.74) is 1.37. The second-order valence-corrected chi connectivity index (χ2v) is 9.59. The van der Waals surface area contributed by atoms with Gasteiger partial charge in [-0.2, -0.15) is 4.52 Å². The zero-order valence-corrected chi connectivity index (χ0v) is 19.6. The van der Waals surface area contributed by atoms with Crippen LogP contribution in [-0.2, 0) is 9.84 Å². The van der Waals surface area contributed by atoms with E-state index in [1.54, 1.807) is 32.4 Å². The van der Waals surface area contributed by atoms with E-state index in [1.807, 2.05) is 24.3 Å². The smallest absolute Gasteiger partial charge is 0.229 e.